The van der Waals surface area contributed by atoms with E-state index < -0.39 is 5.97 Å². The van der Waals surface area contributed by atoms with Crippen LogP contribution in [0.25, 0.3) is 0 Å². The molecule has 2 fully saturated rings. The number of hydrazone groups is 1. The van der Waals surface area contributed by atoms with Crippen LogP contribution < -0.4 is 10.5 Å². The Morgan fingerprint density at radius 1 is 1.10 bits per heavy atom. The second kappa shape index (κ2) is 6.29. The summed E-state index contributed by atoms with van der Waals surface area (Å²) in [5.41, 5.74) is 5.31. The fraction of sp³-hybridized carbons (Fsp3) is 0.529. The monoisotopic (exact) mass is 285 g/mol. The van der Waals surface area contributed by atoms with Crippen molar-refractivity contribution in [1.29, 1.82) is 0 Å². The van der Waals surface area contributed by atoms with Crippen molar-refractivity contribution in [2.24, 2.45) is 16.9 Å². The molecule has 0 amide bonds. The summed E-state index contributed by atoms with van der Waals surface area (Å²) in [7, 11) is 0. The van der Waals surface area contributed by atoms with Crippen molar-refractivity contribution >= 4 is 17.4 Å². The van der Waals surface area contributed by atoms with Crippen molar-refractivity contribution in [3.8, 4) is 0 Å². The molecule has 1 aromatic rings. The first-order valence-electron chi connectivity index (χ1n) is 7.85. The zero-order valence-corrected chi connectivity index (χ0v) is 12.2. The second-order valence-corrected chi connectivity index (χ2v) is 6.20. The zero-order chi connectivity index (χ0) is 14.7. The highest BCUT2D eigenvalue weighted by atomic mass is 16.4. The van der Waals surface area contributed by atoms with Gasteiger partial charge in [0.15, 0.2) is 0 Å². The molecule has 0 radical (unpaired) electrons. The van der Waals surface area contributed by atoms with Crippen molar-refractivity contribution in [2.75, 3.05) is 5.43 Å². The van der Waals surface area contributed by atoms with Gasteiger partial charge in [0, 0.05) is 5.71 Å². The fourth-order valence-electron chi connectivity index (χ4n) is 3.62. The number of fused-ring (bicyclic) bond motifs is 1. The van der Waals surface area contributed by atoms with E-state index in [9.17, 15) is 9.90 Å². The molecule has 21 heavy (non-hydrogen) atoms. The Labute approximate surface area is 125 Å². The summed E-state index contributed by atoms with van der Waals surface area (Å²) in [5, 5.41) is 15.2. The SMILES string of the molecule is O=C([O-])c1ccc(N/N=C2\CC[C@H]3CCCC[C@@H]3C2)cc1. The third-order valence-corrected chi connectivity index (χ3v) is 4.83. The summed E-state index contributed by atoms with van der Waals surface area (Å²) in [6.07, 6.45) is 9.00. The Kier molecular flexibility index (Phi) is 4.23. The third-order valence-electron chi connectivity index (χ3n) is 4.83. The highest BCUT2D eigenvalue weighted by Crippen LogP contribution is 2.39. The van der Waals surface area contributed by atoms with E-state index in [1.807, 2.05) is 0 Å². The van der Waals surface area contributed by atoms with E-state index in [1.165, 1.54) is 49.9 Å². The molecule has 2 aliphatic carbocycles. The molecule has 1 N–H and O–H groups in total. The topological polar surface area (TPSA) is 64.5 Å². The summed E-state index contributed by atoms with van der Waals surface area (Å²) in [6, 6.07) is 6.52. The molecule has 2 aliphatic rings. The van der Waals surface area contributed by atoms with E-state index in [0.717, 1.165) is 30.4 Å². The lowest BCUT2D eigenvalue weighted by Gasteiger charge is -2.35. The maximum Gasteiger partial charge on any atom is 0.0715 e. The average Bonchev–Trinajstić information content (AvgIpc) is 2.53. The van der Waals surface area contributed by atoms with Crippen LogP contribution >= 0.6 is 0 Å². The standard InChI is InChI=1S/C17H22N2O2/c20-17(21)13-6-8-15(9-7-13)18-19-16-10-5-12-3-1-2-4-14(12)11-16/h6-9,12,14,18H,1-5,10-11H2,(H,20,21)/p-1/b19-16+/t12-,14-/m1/s1. The molecule has 0 bridgehead atoms. The fourth-order valence-corrected chi connectivity index (χ4v) is 3.62. The van der Waals surface area contributed by atoms with Gasteiger partial charge >= 0.3 is 0 Å². The minimum absolute atomic E-state index is 0.191. The smallest absolute Gasteiger partial charge is 0.0715 e. The van der Waals surface area contributed by atoms with Crippen LogP contribution in [0.2, 0.25) is 0 Å². The number of hydrogen-bond donors (Lipinski definition) is 1. The van der Waals surface area contributed by atoms with Crippen molar-refractivity contribution < 1.29 is 9.90 Å². The van der Waals surface area contributed by atoms with Gasteiger partial charge in [-0.3, -0.25) is 5.43 Å². The van der Waals surface area contributed by atoms with Crippen molar-refractivity contribution in [1.82, 2.24) is 0 Å². The highest BCUT2D eigenvalue weighted by molar-refractivity contribution is 5.87. The van der Waals surface area contributed by atoms with Crippen LogP contribution in [-0.2, 0) is 0 Å². The number of carboxylic acid groups (broad SMARTS) is 1. The van der Waals surface area contributed by atoms with Gasteiger partial charge in [-0.1, -0.05) is 31.4 Å². The van der Waals surface area contributed by atoms with E-state index in [1.54, 1.807) is 12.1 Å². The molecule has 0 heterocycles. The molecular weight excluding hydrogens is 264 g/mol. The molecule has 0 spiro atoms. The maximum atomic E-state index is 10.7. The Hall–Kier alpha value is -1.84. The third kappa shape index (κ3) is 3.43. The van der Waals surface area contributed by atoms with Crippen molar-refractivity contribution in [3.05, 3.63) is 29.8 Å². The number of anilines is 1. The summed E-state index contributed by atoms with van der Waals surface area (Å²) in [5.74, 6) is 0.594. The van der Waals surface area contributed by atoms with Crippen LogP contribution in [0.4, 0.5) is 5.69 Å². The number of benzene rings is 1. The minimum Gasteiger partial charge on any atom is -0.545 e. The predicted molar refractivity (Wildman–Crippen MR) is 81.1 cm³/mol. The number of carboxylic acids is 1. The number of carbonyl (C=O) groups is 1. The van der Waals surface area contributed by atoms with E-state index >= 15 is 0 Å². The van der Waals surface area contributed by atoms with Crippen LogP contribution in [0.3, 0.4) is 0 Å². The molecule has 0 aromatic heterocycles. The molecule has 4 heteroatoms. The van der Waals surface area contributed by atoms with Crippen LogP contribution in [0.1, 0.15) is 55.3 Å². The first-order valence-corrected chi connectivity index (χ1v) is 7.85. The van der Waals surface area contributed by atoms with Gasteiger partial charge in [0.1, 0.15) is 0 Å². The number of nitrogens with zero attached hydrogens (tertiary/aromatic N) is 1. The molecule has 4 nitrogen and oxygen atoms in total. The van der Waals surface area contributed by atoms with Gasteiger partial charge in [-0.05, 0) is 55.2 Å². The second-order valence-electron chi connectivity index (χ2n) is 6.20. The van der Waals surface area contributed by atoms with E-state index in [2.05, 4.69) is 10.5 Å². The number of hydrogen-bond acceptors (Lipinski definition) is 4. The lowest BCUT2D eigenvalue weighted by molar-refractivity contribution is -0.255. The zero-order valence-electron chi connectivity index (χ0n) is 12.2. The summed E-state index contributed by atoms with van der Waals surface area (Å²) in [6.45, 7) is 0. The van der Waals surface area contributed by atoms with Crippen LogP contribution in [0.15, 0.2) is 29.4 Å². The summed E-state index contributed by atoms with van der Waals surface area (Å²) < 4.78 is 0. The maximum absolute atomic E-state index is 10.7. The van der Waals surface area contributed by atoms with Crippen LogP contribution in [-0.4, -0.2) is 11.7 Å². The highest BCUT2D eigenvalue weighted by Gasteiger charge is 2.30. The predicted octanol–water partition coefficient (Wildman–Crippen LogP) is 2.81. The first-order chi connectivity index (χ1) is 10.2. The Morgan fingerprint density at radius 2 is 1.81 bits per heavy atom. The summed E-state index contributed by atoms with van der Waals surface area (Å²) in [4.78, 5) is 10.7. The first kappa shape index (κ1) is 14.1. The number of carbonyl (C=O) groups excluding carboxylic acids is 1. The average molecular weight is 285 g/mol. The minimum atomic E-state index is -1.15. The van der Waals surface area contributed by atoms with Gasteiger partial charge in [0.05, 0.1) is 11.7 Å². The van der Waals surface area contributed by atoms with E-state index in [-0.39, 0.29) is 5.56 Å². The molecular formula is C17H21N2O2-. The molecule has 2 saturated carbocycles. The van der Waals surface area contributed by atoms with E-state index in [4.69, 9.17) is 0 Å². The largest absolute Gasteiger partial charge is 0.545 e. The molecule has 0 unspecified atom stereocenters. The van der Waals surface area contributed by atoms with Gasteiger partial charge < -0.3 is 9.90 Å². The number of aromatic carboxylic acids is 1. The Bertz CT molecular complexity index is 536. The molecule has 1 aromatic carbocycles. The Morgan fingerprint density at radius 3 is 2.52 bits per heavy atom. The van der Waals surface area contributed by atoms with Gasteiger partial charge in [-0.2, -0.15) is 5.10 Å². The lowest BCUT2D eigenvalue weighted by atomic mass is 9.70. The molecule has 0 aliphatic heterocycles. The normalized spacial score (nSPS) is 27.1. The van der Waals surface area contributed by atoms with Crippen LogP contribution in [0, 0.1) is 11.8 Å². The summed E-state index contributed by atoms with van der Waals surface area (Å²) >= 11 is 0. The number of nitrogens with one attached hydrogen (secondary N) is 1. The van der Waals surface area contributed by atoms with Crippen molar-refractivity contribution in [2.45, 2.75) is 44.9 Å². The molecule has 3 rings (SSSR count). The van der Waals surface area contributed by atoms with E-state index in [0.29, 0.717) is 0 Å². The Balaban J connectivity index is 1.59. The van der Waals surface area contributed by atoms with Crippen LogP contribution in [0.5, 0.6) is 0 Å². The number of rotatable bonds is 3. The van der Waals surface area contributed by atoms with Gasteiger partial charge in [0.2, 0.25) is 0 Å². The molecule has 0 saturated heterocycles. The van der Waals surface area contributed by atoms with Gasteiger partial charge in [-0.25, -0.2) is 0 Å². The van der Waals surface area contributed by atoms with Crippen molar-refractivity contribution in [3.63, 3.8) is 0 Å². The van der Waals surface area contributed by atoms with Gasteiger partial charge in [0.25, 0.3) is 0 Å². The lowest BCUT2D eigenvalue weighted by Crippen LogP contribution is -2.28. The van der Waals surface area contributed by atoms with Gasteiger partial charge in [-0.15, -0.1) is 0 Å². The molecule has 2 atom stereocenters. The quantitative estimate of drug-likeness (QED) is 0.868. The molecule has 112 valence electrons.